The molecule has 114 valence electrons. The largest absolute Gasteiger partial charge is 0.497 e. The number of thiophene rings is 1. The van der Waals surface area contributed by atoms with E-state index in [9.17, 15) is 4.21 Å². The molecule has 21 heavy (non-hydrogen) atoms. The van der Waals surface area contributed by atoms with Gasteiger partial charge in [-0.1, -0.05) is 6.07 Å². The van der Waals surface area contributed by atoms with Gasteiger partial charge in [0.25, 0.3) is 0 Å². The Labute approximate surface area is 131 Å². The fraction of sp³-hybridized carbons (Fsp3) is 0.333. The van der Waals surface area contributed by atoms with Crippen LogP contribution >= 0.6 is 11.3 Å². The van der Waals surface area contributed by atoms with E-state index in [0.29, 0.717) is 5.75 Å². The third kappa shape index (κ3) is 3.84. The van der Waals surface area contributed by atoms with Crippen molar-refractivity contribution in [3.8, 4) is 11.5 Å². The lowest BCUT2D eigenvalue weighted by molar-refractivity contribution is 0.394. The lowest BCUT2D eigenvalue weighted by Crippen LogP contribution is -2.23. The molecular formula is C15H19NO3S2. The Bertz CT molecular complexity index is 599. The molecule has 0 fully saturated rings. The van der Waals surface area contributed by atoms with Gasteiger partial charge in [-0.3, -0.25) is 4.21 Å². The predicted octanol–water partition coefficient (Wildman–Crippen LogP) is 2.83. The molecule has 2 aromatic rings. The van der Waals surface area contributed by atoms with E-state index in [-0.39, 0.29) is 6.04 Å². The first-order chi connectivity index (χ1) is 10.2. The normalized spacial score (nSPS) is 13.7. The molecular weight excluding hydrogens is 306 g/mol. The van der Waals surface area contributed by atoms with Crippen molar-refractivity contribution >= 4 is 22.1 Å². The average molecular weight is 325 g/mol. The lowest BCUT2D eigenvalue weighted by atomic mass is 10.1. The van der Waals surface area contributed by atoms with E-state index in [1.165, 1.54) is 11.3 Å². The van der Waals surface area contributed by atoms with Crippen LogP contribution in [0.2, 0.25) is 0 Å². The summed E-state index contributed by atoms with van der Waals surface area (Å²) in [6.45, 7) is 0. The van der Waals surface area contributed by atoms with Gasteiger partial charge < -0.3 is 14.8 Å². The summed E-state index contributed by atoms with van der Waals surface area (Å²) in [7, 11) is 4.08. The third-order valence-electron chi connectivity index (χ3n) is 3.20. The minimum Gasteiger partial charge on any atom is -0.497 e. The second kappa shape index (κ2) is 7.59. The van der Waals surface area contributed by atoms with Crippen molar-refractivity contribution in [2.24, 2.45) is 0 Å². The molecule has 2 rings (SSSR count). The fourth-order valence-corrected chi connectivity index (χ4v) is 4.36. The predicted molar refractivity (Wildman–Crippen MR) is 86.9 cm³/mol. The van der Waals surface area contributed by atoms with Crippen LogP contribution in [-0.4, -0.2) is 31.2 Å². The van der Waals surface area contributed by atoms with Gasteiger partial charge >= 0.3 is 0 Å². The minimum absolute atomic E-state index is 0.0713. The van der Waals surface area contributed by atoms with E-state index in [1.54, 1.807) is 14.2 Å². The molecule has 0 amide bonds. The topological polar surface area (TPSA) is 47.6 Å². The highest BCUT2D eigenvalue weighted by Gasteiger charge is 2.19. The molecule has 1 N–H and O–H groups in total. The van der Waals surface area contributed by atoms with E-state index >= 15 is 0 Å². The highest BCUT2D eigenvalue weighted by molar-refractivity contribution is 7.87. The Morgan fingerprint density at radius 1 is 1.29 bits per heavy atom. The van der Waals surface area contributed by atoms with E-state index in [1.807, 2.05) is 42.8 Å². The van der Waals surface area contributed by atoms with Crippen LogP contribution in [0.1, 0.15) is 11.6 Å². The Morgan fingerprint density at radius 2 is 2.10 bits per heavy atom. The number of hydrogen-bond acceptors (Lipinski definition) is 5. The first kappa shape index (κ1) is 16.0. The van der Waals surface area contributed by atoms with E-state index < -0.39 is 10.8 Å². The van der Waals surface area contributed by atoms with Gasteiger partial charge in [0.2, 0.25) is 0 Å². The molecule has 4 nitrogen and oxygen atoms in total. The lowest BCUT2D eigenvalue weighted by Gasteiger charge is -2.19. The van der Waals surface area contributed by atoms with Gasteiger partial charge in [0.1, 0.15) is 11.5 Å². The van der Waals surface area contributed by atoms with Crippen LogP contribution in [0.3, 0.4) is 0 Å². The van der Waals surface area contributed by atoms with Gasteiger partial charge in [-0.15, -0.1) is 11.3 Å². The monoisotopic (exact) mass is 325 g/mol. The average Bonchev–Trinajstić information content (AvgIpc) is 3.06. The van der Waals surface area contributed by atoms with E-state index in [2.05, 4.69) is 5.32 Å². The maximum Gasteiger partial charge on any atom is 0.123 e. The maximum atomic E-state index is 12.4. The van der Waals surface area contributed by atoms with Crippen LogP contribution in [0, 0.1) is 0 Å². The molecule has 6 heteroatoms. The molecule has 0 aliphatic carbocycles. The third-order valence-corrected chi connectivity index (χ3v) is 5.93. The SMILES string of the molecule is CNC(CS(=O)c1cccs1)c1cc(OC)ccc1OC. The van der Waals surface area contributed by atoms with Crippen LogP contribution in [0.4, 0.5) is 0 Å². The first-order valence-electron chi connectivity index (χ1n) is 6.50. The summed E-state index contributed by atoms with van der Waals surface area (Å²) in [6, 6.07) is 9.39. The summed E-state index contributed by atoms with van der Waals surface area (Å²) in [5, 5.41) is 5.15. The van der Waals surface area contributed by atoms with Gasteiger partial charge in [0.05, 0.1) is 29.2 Å². The Kier molecular flexibility index (Phi) is 5.78. The molecule has 0 spiro atoms. The van der Waals surface area contributed by atoms with Crippen molar-refractivity contribution < 1.29 is 13.7 Å². The van der Waals surface area contributed by atoms with Gasteiger partial charge in [-0.05, 0) is 36.7 Å². The summed E-state index contributed by atoms with van der Waals surface area (Å²) in [4.78, 5) is 0. The summed E-state index contributed by atoms with van der Waals surface area (Å²) in [6.07, 6.45) is 0. The molecule has 0 aliphatic heterocycles. The van der Waals surface area contributed by atoms with Crippen molar-refractivity contribution in [3.63, 3.8) is 0 Å². The molecule has 0 bridgehead atoms. The minimum atomic E-state index is -1.04. The summed E-state index contributed by atoms with van der Waals surface area (Å²) in [5.74, 6) is 2.01. The van der Waals surface area contributed by atoms with Crippen molar-refractivity contribution in [1.82, 2.24) is 5.32 Å². The highest BCUT2D eigenvalue weighted by Crippen LogP contribution is 2.30. The fourth-order valence-electron chi connectivity index (χ4n) is 2.07. The zero-order valence-electron chi connectivity index (χ0n) is 12.3. The Balaban J connectivity index is 2.26. The molecule has 2 atom stereocenters. The van der Waals surface area contributed by atoms with Crippen LogP contribution < -0.4 is 14.8 Å². The van der Waals surface area contributed by atoms with Gasteiger partial charge in [-0.2, -0.15) is 0 Å². The maximum absolute atomic E-state index is 12.4. The first-order valence-corrected chi connectivity index (χ1v) is 8.70. The number of hydrogen-bond donors (Lipinski definition) is 1. The van der Waals surface area contributed by atoms with Crippen LogP contribution in [0.25, 0.3) is 0 Å². The molecule has 0 saturated heterocycles. The molecule has 0 radical (unpaired) electrons. The second-order valence-corrected chi connectivity index (χ2v) is 7.06. The standard InChI is InChI=1S/C15H19NO3S2/c1-16-13(10-21(17)15-5-4-8-20-15)12-9-11(18-2)6-7-14(12)19-3/h4-9,13,16H,10H2,1-3H3. The zero-order chi connectivity index (χ0) is 15.2. The number of ether oxygens (including phenoxy) is 2. The van der Waals surface area contributed by atoms with Gasteiger partial charge in [-0.25, -0.2) is 0 Å². The Morgan fingerprint density at radius 3 is 2.67 bits per heavy atom. The number of methoxy groups -OCH3 is 2. The van der Waals surface area contributed by atoms with Crippen molar-refractivity contribution in [3.05, 3.63) is 41.3 Å². The van der Waals surface area contributed by atoms with E-state index in [4.69, 9.17) is 9.47 Å². The van der Waals surface area contributed by atoms with Crippen molar-refractivity contribution in [2.75, 3.05) is 27.0 Å². The number of rotatable bonds is 7. The molecule has 1 aromatic carbocycles. The molecule has 2 unspecified atom stereocenters. The summed E-state index contributed by atoms with van der Waals surface area (Å²) < 4.78 is 24.0. The quantitative estimate of drug-likeness (QED) is 0.850. The van der Waals surface area contributed by atoms with E-state index in [0.717, 1.165) is 21.3 Å². The highest BCUT2D eigenvalue weighted by atomic mass is 32.2. The van der Waals surface area contributed by atoms with Gasteiger partial charge in [0.15, 0.2) is 0 Å². The van der Waals surface area contributed by atoms with Crippen LogP contribution in [0.5, 0.6) is 11.5 Å². The van der Waals surface area contributed by atoms with Crippen LogP contribution in [-0.2, 0) is 10.8 Å². The van der Waals surface area contributed by atoms with Gasteiger partial charge in [0, 0.05) is 17.4 Å². The molecule has 0 saturated carbocycles. The molecule has 1 heterocycles. The molecule has 0 aliphatic rings. The van der Waals surface area contributed by atoms with Crippen molar-refractivity contribution in [2.45, 2.75) is 10.3 Å². The van der Waals surface area contributed by atoms with Crippen molar-refractivity contribution in [1.29, 1.82) is 0 Å². The smallest absolute Gasteiger partial charge is 0.123 e. The zero-order valence-corrected chi connectivity index (χ0v) is 13.9. The Hall–Kier alpha value is -1.37. The second-order valence-electron chi connectivity index (χ2n) is 4.39. The summed E-state index contributed by atoms with van der Waals surface area (Å²) >= 11 is 1.51. The number of benzene rings is 1. The number of nitrogens with one attached hydrogen (secondary N) is 1. The summed E-state index contributed by atoms with van der Waals surface area (Å²) in [5.41, 5.74) is 0.948. The van der Waals surface area contributed by atoms with Crippen LogP contribution in [0.15, 0.2) is 39.9 Å². The molecule has 1 aromatic heterocycles.